The molecule has 0 aliphatic carbocycles. The van der Waals surface area contributed by atoms with Crippen molar-refractivity contribution in [1.82, 2.24) is 0 Å². The van der Waals surface area contributed by atoms with E-state index in [1.165, 1.54) is 12.7 Å². The molecule has 2 rings (SSSR count). The third kappa shape index (κ3) is 6.03. The maximum atomic E-state index is 11.9. The minimum Gasteiger partial charge on any atom is -0.469 e. The highest BCUT2D eigenvalue weighted by molar-refractivity contribution is 5.71. The van der Waals surface area contributed by atoms with Gasteiger partial charge in [0.15, 0.2) is 0 Å². The van der Waals surface area contributed by atoms with Gasteiger partial charge in [0.2, 0.25) is 0 Å². The number of hydrogen-bond acceptors (Lipinski definition) is 4. The van der Waals surface area contributed by atoms with E-state index in [0.717, 1.165) is 6.42 Å². The summed E-state index contributed by atoms with van der Waals surface area (Å²) in [5.41, 5.74) is 1.22. The Bertz CT molecular complexity index is 660. The maximum absolute atomic E-state index is 11.9. The quantitative estimate of drug-likeness (QED) is 0.601. The molecule has 0 amide bonds. The van der Waals surface area contributed by atoms with Crippen molar-refractivity contribution >= 4 is 11.9 Å². The fourth-order valence-corrected chi connectivity index (χ4v) is 3.07. The Balaban J connectivity index is 2.26. The van der Waals surface area contributed by atoms with Gasteiger partial charge in [0.1, 0.15) is 0 Å². The van der Waals surface area contributed by atoms with Gasteiger partial charge in [-0.25, -0.2) is 0 Å². The van der Waals surface area contributed by atoms with Crippen LogP contribution in [-0.4, -0.2) is 25.7 Å². The predicted octanol–water partition coefficient (Wildman–Crippen LogP) is 4.20. The number of hydrogen-bond donors (Lipinski definition) is 0. The topological polar surface area (TPSA) is 52.6 Å². The van der Waals surface area contributed by atoms with E-state index < -0.39 is 0 Å². The Morgan fingerprint density at radius 1 is 1.27 bits per heavy atom. The van der Waals surface area contributed by atoms with Gasteiger partial charge in [-0.3, -0.25) is 9.59 Å². The van der Waals surface area contributed by atoms with E-state index in [2.05, 4.69) is 24.8 Å². The number of carbonyl (C=O) groups excluding carboxylic acids is 2. The zero-order valence-corrected chi connectivity index (χ0v) is 15.2. The van der Waals surface area contributed by atoms with E-state index in [1.807, 2.05) is 42.5 Å². The first-order chi connectivity index (χ1) is 12.6. The summed E-state index contributed by atoms with van der Waals surface area (Å²) >= 11 is 0. The van der Waals surface area contributed by atoms with E-state index in [1.54, 1.807) is 0 Å². The molecule has 0 saturated carbocycles. The Labute approximate surface area is 155 Å². The van der Waals surface area contributed by atoms with Gasteiger partial charge >= 0.3 is 11.9 Å². The fourth-order valence-electron chi connectivity index (χ4n) is 3.07. The van der Waals surface area contributed by atoms with E-state index in [9.17, 15) is 9.59 Å². The summed E-state index contributed by atoms with van der Waals surface area (Å²) in [5, 5.41) is 0. The Morgan fingerprint density at radius 2 is 2.04 bits per heavy atom. The molecule has 0 bridgehead atoms. The molecule has 138 valence electrons. The van der Waals surface area contributed by atoms with Crippen LogP contribution in [0, 0.1) is 11.8 Å². The van der Waals surface area contributed by atoms with E-state index >= 15 is 0 Å². The molecule has 1 aromatic rings. The van der Waals surface area contributed by atoms with Crippen LogP contribution in [-0.2, 0) is 19.1 Å². The number of cyclic esters (lactones) is 1. The molecular weight excluding hydrogens is 328 g/mol. The third-order valence-corrected chi connectivity index (χ3v) is 4.52. The second-order valence-corrected chi connectivity index (χ2v) is 6.35. The van der Waals surface area contributed by atoms with E-state index in [0.29, 0.717) is 0 Å². The summed E-state index contributed by atoms with van der Waals surface area (Å²) in [4.78, 5) is 23.5. The second-order valence-electron chi connectivity index (χ2n) is 6.35. The molecule has 0 radical (unpaired) electrons. The highest BCUT2D eigenvalue weighted by Crippen LogP contribution is 2.31. The highest BCUT2D eigenvalue weighted by Gasteiger charge is 2.19. The smallest absolute Gasteiger partial charge is 0.309 e. The third-order valence-electron chi connectivity index (χ3n) is 4.52. The van der Waals surface area contributed by atoms with Gasteiger partial charge in [0.25, 0.3) is 0 Å². The molecule has 4 nitrogen and oxygen atoms in total. The average Bonchev–Trinajstić information content (AvgIpc) is 2.66. The zero-order chi connectivity index (χ0) is 18.8. The van der Waals surface area contributed by atoms with Gasteiger partial charge in [0.05, 0.1) is 26.6 Å². The highest BCUT2D eigenvalue weighted by atomic mass is 16.5. The largest absolute Gasteiger partial charge is 0.469 e. The monoisotopic (exact) mass is 354 g/mol. The van der Waals surface area contributed by atoms with Gasteiger partial charge in [-0.05, 0) is 17.9 Å². The van der Waals surface area contributed by atoms with Crippen LogP contribution in [0.5, 0.6) is 0 Å². The summed E-state index contributed by atoms with van der Waals surface area (Å²) in [7, 11) is 1.36. The molecule has 26 heavy (non-hydrogen) atoms. The molecule has 0 aromatic heterocycles. The molecule has 1 aliphatic rings. The van der Waals surface area contributed by atoms with Crippen molar-refractivity contribution in [1.29, 1.82) is 0 Å². The molecular formula is C22H26O4. The average molecular weight is 354 g/mol. The molecule has 3 atom stereocenters. The normalized spacial score (nSPS) is 24.0. The van der Waals surface area contributed by atoms with Crippen LogP contribution in [0.15, 0.2) is 67.3 Å². The van der Waals surface area contributed by atoms with Crippen molar-refractivity contribution in [2.75, 3.05) is 13.7 Å². The minimum absolute atomic E-state index is 0.105. The molecule has 3 unspecified atom stereocenters. The van der Waals surface area contributed by atoms with Crippen molar-refractivity contribution in [3.8, 4) is 0 Å². The van der Waals surface area contributed by atoms with Crippen LogP contribution in [0.3, 0.4) is 0 Å². The maximum Gasteiger partial charge on any atom is 0.309 e. The van der Waals surface area contributed by atoms with Crippen LogP contribution in [0.25, 0.3) is 0 Å². The minimum atomic E-state index is -0.314. The lowest BCUT2D eigenvalue weighted by atomic mass is 9.82. The SMILES string of the molecule is C=CC1C=CCC(=O)OCC(CC(=O)OC)C=CCC1c1ccccc1. The molecule has 1 aliphatic heterocycles. The van der Waals surface area contributed by atoms with Gasteiger partial charge in [-0.2, -0.15) is 0 Å². The number of ether oxygens (including phenoxy) is 2. The number of methoxy groups -OCH3 is 1. The number of esters is 2. The van der Waals surface area contributed by atoms with E-state index in [-0.39, 0.29) is 49.1 Å². The molecule has 1 aromatic carbocycles. The fraction of sp³-hybridized carbons (Fsp3) is 0.364. The van der Waals surface area contributed by atoms with Crippen LogP contribution < -0.4 is 0 Å². The molecule has 0 saturated heterocycles. The van der Waals surface area contributed by atoms with Crippen LogP contribution in [0.2, 0.25) is 0 Å². The van der Waals surface area contributed by atoms with Crippen LogP contribution >= 0.6 is 0 Å². The number of carbonyl (C=O) groups is 2. The number of allylic oxidation sites excluding steroid dienone is 3. The summed E-state index contributed by atoms with van der Waals surface area (Å²) in [6, 6.07) is 10.3. The van der Waals surface area contributed by atoms with Crippen LogP contribution in [0.1, 0.15) is 30.7 Å². The van der Waals surface area contributed by atoms with Crippen molar-refractivity contribution in [3.63, 3.8) is 0 Å². The summed E-state index contributed by atoms with van der Waals surface area (Å²) in [5.74, 6) is -0.479. The number of rotatable bonds is 4. The summed E-state index contributed by atoms with van der Waals surface area (Å²) in [6.45, 7) is 4.14. The van der Waals surface area contributed by atoms with Crippen LogP contribution in [0.4, 0.5) is 0 Å². The first-order valence-corrected chi connectivity index (χ1v) is 8.87. The van der Waals surface area contributed by atoms with Gasteiger partial charge in [0, 0.05) is 11.8 Å². The molecule has 0 fully saturated rings. The lowest BCUT2D eigenvalue weighted by Gasteiger charge is -2.22. The second kappa shape index (κ2) is 10.4. The van der Waals surface area contributed by atoms with E-state index in [4.69, 9.17) is 9.47 Å². The molecule has 4 heteroatoms. The lowest BCUT2D eigenvalue weighted by molar-refractivity contribution is -0.147. The number of benzene rings is 1. The molecule has 0 spiro atoms. The zero-order valence-electron chi connectivity index (χ0n) is 15.2. The van der Waals surface area contributed by atoms with Crippen molar-refractivity contribution in [3.05, 3.63) is 72.9 Å². The molecule has 1 heterocycles. The van der Waals surface area contributed by atoms with Crippen molar-refractivity contribution < 1.29 is 19.1 Å². The summed E-state index contributed by atoms with van der Waals surface area (Å²) < 4.78 is 10.0. The Hall–Kier alpha value is -2.62. The predicted molar refractivity (Wildman–Crippen MR) is 101 cm³/mol. The van der Waals surface area contributed by atoms with Crippen molar-refractivity contribution in [2.45, 2.75) is 25.2 Å². The Morgan fingerprint density at radius 3 is 2.73 bits per heavy atom. The molecule has 0 N–H and O–H groups in total. The summed E-state index contributed by atoms with van der Waals surface area (Å²) in [6.07, 6.45) is 11.0. The van der Waals surface area contributed by atoms with Gasteiger partial charge < -0.3 is 9.47 Å². The van der Waals surface area contributed by atoms with Crippen molar-refractivity contribution in [2.24, 2.45) is 11.8 Å². The standard InChI is InChI=1S/C22H26O4/c1-3-18-12-8-14-21(23)26-16-17(15-22(24)25-2)9-7-13-20(18)19-10-5-4-6-11-19/h3-12,17-18,20H,1,13-16H2,2H3. The van der Waals surface area contributed by atoms with Gasteiger partial charge in [-0.15, -0.1) is 6.58 Å². The Kier molecular flexibility index (Phi) is 7.87. The first-order valence-electron chi connectivity index (χ1n) is 8.87. The first kappa shape index (κ1) is 19.7. The van der Waals surface area contributed by atoms with Gasteiger partial charge in [-0.1, -0.05) is 60.7 Å². The lowest BCUT2D eigenvalue weighted by Crippen LogP contribution is -2.17.